The number of anilines is 1. The highest BCUT2D eigenvalue weighted by Gasteiger charge is 2.23. The van der Waals surface area contributed by atoms with Gasteiger partial charge < -0.3 is 9.64 Å². The maximum atomic E-state index is 12.6. The molecule has 7 nitrogen and oxygen atoms in total. The Morgan fingerprint density at radius 3 is 2.41 bits per heavy atom. The molecule has 29 heavy (non-hydrogen) atoms. The summed E-state index contributed by atoms with van der Waals surface area (Å²) >= 11 is 0. The van der Waals surface area contributed by atoms with Crippen molar-refractivity contribution in [1.82, 2.24) is 9.62 Å². The highest BCUT2D eigenvalue weighted by molar-refractivity contribution is 7.89. The summed E-state index contributed by atoms with van der Waals surface area (Å²) in [6.45, 7) is 5.87. The number of nitrogens with zero attached hydrogens (tertiary/aromatic N) is 2. The maximum Gasteiger partial charge on any atom is 0.337 e. The molecule has 1 saturated heterocycles. The minimum absolute atomic E-state index is 0.0569. The van der Waals surface area contributed by atoms with E-state index < -0.39 is 16.0 Å². The van der Waals surface area contributed by atoms with Gasteiger partial charge in [-0.3, -0.25) is 4.90 Å². The summed E-state index contributed by atoms with van der Waals surface area (Å²) < 4.78 is 32.6. The van der Waals surface area contributed by atoms with Crippen molar-refractivity contribution in [3.63, 3.8) is 0 Å². The van der Waals surface area contributed by atoms with Crippen LogP contribution in [0.25, 0.3) is 0 Å². The van der Waals surface area contributed by atoms with Gasteiger partial charge in [0.05, 0.1) is 17.6 Å². The van der Waals surface area contributed by atoms with Crippen LogP contribution in [0.2, 0.25) is 0 Å². The number of methoxy groups -OCH3 is 1. The molecule has 0 bridgehead atoms. The summed E-state index contributed by atoms with van der Waals surface area (Å²) in [6, 6.07) is 16.2. The number of benzene rings is 2. The third-order valence-corrected chi connectivity index (χ3v) is 6.61. The Morgan fingerprint density at radius 2 is 1.76 bits per heavy atom. The van der Waals surface area contributed by atoms with E-state index in [0.29, 0.717) is 6.54 Å². The zero-order chi connectivity index (χ0) is 20.9. The second kappa shape index (κ2) is 9.39. The fourth-order valence-corrected chi connectivity index (χ4v) is 4.58. The van der Waals surface area contributed by atoms with Crippen LogP contribution < -0.4 is 9.62 Å². The van der Waals surface area contributed by atoms with Crippen molar-refractivity contribution < 1.29 is 17.9 Å². The second-order valence-electron chi connectivity index (χ2n) is 7.08. The highest BCUT2D eigenvalue weighted by atomic mass is 32.2. The van der Waals surface area contributed by atoms with Crippen molar-refractivity contribution >= 4 is 21.7 Å². The zero-order valence-corrected chi connectivity index (χ0v) is 17.6. The van der Waals surface area contributed by atoms with Gasteiger partial charge in [-0.25, -0.2) is 17.9 Å². The largest absolute Gasteiger partial charge is 0.465 e. The number of piperazine rings is 1. The first-order valence-electron chi connectivity index (χ1n) is 9.63. The Bertz CT molecular complexity index is 926. The van der Waals surface area contributed by atoms with Crippen molar-refractivity contribution in [3.05, 3.63) is 60.2 Å². The van der Waals surface area contributed by atoms with Gasteiger partial charge in [-0.1, -0.05) is 24.3 Å². The second-order valence-corrected chi connectivity index (χ2v) is 8.85. The van der Waals surface area contributed by atoms with Gasteiger partial charge in [0.2, 0.25) is 10.0 Å². The number of sulfonamides is 1. The fourth-order valence-electron chi connectivity index (χ4n) is 3.41. The minimum Gasteiger partial charge on any atom is -0.465 e. The molecule has 0 aromatic heterocycles. The number of para-hydroxylation sites is 1. The third-order valence-electron chi connectivity index (χ3n) is 5.19. The molecule has 1 aliphatic heterocycles. The van der Waals surface area contributed by atoms with Crippen LogP contribution in [-0.4, -0.2) is 65.2 Å². The lowest BCUT2D eigenvalue weighted by atomic mass is 10.2. The van der Waals surface area contributed by atoms with E-state index >= 15 is 0 Å². The van der Waals surface area contributed by atoms with Gasteiger partial charge in [0.1, 0.15) is 0 Å². The topological polar surface area (TPSA) is 78.9 Å². The molecular formula is C21H27N3O4S. The van der Waals surface area contributed by atoms with E-state index in [-0.39, 0.29) is 16.5 Å². The minimum atomic E-state index is -3.71. The number of ether oxygens (including phenoxy) is 1. The fraction of sp³-hybridized carbons (Fsp3) is 0.381. The third kappa shape index (κ3) is 5.35. The Morgan fingerprint density at radius 1 is 1.07 bits per heavy atom. The number of hydrogen-bond donors (Lipinski definition) is 1. The van der Waals surface area contributed by atoms with Crippen LogP contribution in [0, 0.1) is 0 Å². The number of nitrogens with one attached hydrogen (secondary N) is 1. The summed E-state index contributed by atoms with van der Waals surface area (Å²) in [6.07, 6.45) is 0. The lowest BCUT2D eigenvalue weighted by molar-refractivity contribution is 0.0600. The SMILES string of the molecule is COC(=O)c1cccc(S(=O)(=O)NCC(C)N2CCN(c3ccccc3)CC2)c1. The molecule has 3 rings (SSSR count). The molecule has 1 unspecified atom stereocenters. The summed E-state index contributed by atoms with van der Waals surface area (Å²) in [7, 11) is -2.44. The van der Waals surface area contributed by atoms with Gasteiger partial charge in [-0.2, -0.15) is 0 Å². The molecule has 1 fully saturated rings. The number of esters is 1. The molecule has 2 aromatic carbocycles. The smallest absolute Gasteiger partial charge is 0.337 e. The molecule has 1 aliphatic rings. The molecule has 0 amide bonds. The van der Waals surface area contributed by atoms with E-state index in [9.17, 15) is 13.2 Å². The van der Waals surface area contributed by atoms with Crippen LogP contribution in [0.3, 0.4) is 0 Å². The number of hydrogen-bond acceptors (Lipinski definition) is 6. The first-order chi connectivity index (χ1) is 13.9. The molecular weight excluding hydrogens is 390 g/mol. The maximum absolute atomic E-state index is 12.6. The van der Waals surface area contributed by atoms with Gasteiger partial charge >= 0.3 is 5.97 Å². The van der Waals surface area contributed by atoms with Gasteiger partial charge in [0, 0.05) is 44.5 Å². The summed E-state index contributed by atoms with van der Waals surface area (Å²) in [5, 5.41) is 0. The molecule has 156 valence electrons. The predicted molar refractivity (Wildman–Crippen MR) is 113 cm³/mol. The number of carbonyl (C=O) groups is 1. The van der Waals surface area contributed by atoms with Gasteiger partial charge in [0.15, 0.2) is 0 Å². The van der Waals surface area contributed by atoms with Crippen LogP contribution in [-0.2, 0) is 14.8 Å². The molecule has 0 spiro atoms. The van der Waals surface area contributed by atoms with Crippen molar-refractivity contribution in [2.75, 3.05) is 44.7 Å². The summed E-state index contributed by atoms with van der Waals surface area (Å²) in [5.41, 5.74) is 1.42. The van der Waals surface area contributed by atoms with E-state index in [0.717, 1.165) is 26.2 Å². The predicted octanol–water partition coefficient (Wildman–Crippen LogP) is 1.96. The molecule has 1 heterocycles. The average Bonchev–Trinajstić information content (AvgIpc) is 2.77. The lowest BCUT2D eigenvalue weighted by Crippen LogP contribution is -2.52. The van der Waals surface area contributed by atoms with E-state index in [1.165, 1.54) is 37.1 Å². The average molecular weight is 418 g/mol. The van der Waals surface area contributed by atoms with Gasteiger partial charge in [0.25, 0.3) is 0 Å². The van der Waals surface area contributed by atoms with Crippen molar-refractivity contribution in [3.8, 4) is 0 Å². The summed E-state index contributed by atoms with van der Waals surface area (Å²) in [4.78, 5) is 16.3. The molecule has 0 aliphatic carbocycles. The van der Waals surface area contributed by atoms with Gasteiger partial charge in [-0.05, 0) is 37.3 Å². The molecule has 8 heteroatoms. The van der Waals surface area contributed by atoms with Crippen molar-refractivity contribution in [2.45, 2.75) is 17.9 Å². The van der Waals surface area contributed by atoms with Crippen LogP contribution in [0.1, 0.15) is 17.3 Å². The van der Waals surface area contributed by atoms with Crippen LogP contribution >= 0.6 is 0 Å². The van der Waals surface area contributed by atoms with Crippen LogP contribution in [0.15, 0.2) is 59.5 Å². The molecule has 2 aromatic rings. The number of rotatable bonds is 7. The molecule has 0 radical (unpaired) electrons. The summed E-state index contributed by atoms with van der Waals surface area (Å²) in [5.74, 6) is -0.563. The Balaban J connectivity index is 1.55. The Kier molecular flexibility index (Phi) is 6.89. The lowest BCUT2D eigenvalue weighted by Gasteiger charge is -2.39. The quantitative estimate of drug-likeness (QED) is 0.694. The normalized spacial score (nSPS) is 16.4. The van der Waals surface area contributed by atoms with Crippen LogP contribution in [0.5, 0.6) is 0 Å². The van der Waals surface area contributed by atoms with Crippen molar-refractivity contribution in [2.24, 2.45) is 0 Å². The van der Waals surface area contributed by atoms with E-state index in [1.54, 1.807) is 0 Å². The van der Waals surface area contributed by atoms with Crippen molar-refractivity contribution in [1.29, 1.82) is 0 Å². The highest BCUT2D eigenvalue weighted by Crippen LogP contribution is 2.17. The molecule has 0 saturated carbocycles. The zero-order valence-electron chi connectivity index (χ0n) is 16.7. The van der Waals surface area contributed by atoms with E-state index in [2.05, 4.69) is 31.4 Å². The Labute approximate surface area is 172 Å². The monoisotopic (exact) mass is 417 g/mol. The van der Waals surface area contributed by atoms with E-state index in [4.69, 9.17) is 0 Å². The molecule has 1 N–H and O–H groups in total. The van der Waals surface area contributed by atoms with E-state index in [1.807, 2.05) is 25.1 Å². The number of carbonyl (C=O) groups excluding carboxylic acids is 1. The Hall–Kier alpha value is -2.42. The van der Waals surface area contributed by atoms with Gasteiger partial charge in [-0.15, -0.1) is 0 Å². The standard InChI is InChI=1S/C21H27N3O4S/c1-17(23-11-13-24(14-12-23)19-8-4-3-5-9-19)16-22-29(26,27)20-10-6-7-18(15-20)21(25)28-2/h3-10,15,17,22H,11-14,16H2,1-2H3. The van der Waals surface area contributed by atoms with Crippen LogP contribution in [0.4, 0.5) is 5.69 Å². The first-order valence-corrected chi connectivity index (χ1v) is 11.1. The molecule has 1 atom stereocenters. The first kappa shape index (κ1) is 21.3.